The lowest BCUT2D eigenvalue weighted by atomic mass is 10.1. The van der Waals surface area contributed by atoms with Crippen molar-refractivity contribution < 1.29 is 28.7 Å². The van der Waals surface area contributed by atoms with Gasteiger partial charge in [-0.1, -0.05) is 26.0 Å². The van der Waals surface area contributed by atoms with Crippen LogP contribution in [0.15, 0.2) is 42.5 Å². The first-order valence-electron chi connectivity index (χ1n) is 9.92. The molecule has 2 aromatic rings. The van der Waals surface area contributed by atoms with Crippen molar-refractivity contribution >= 4 is 17.6 Å². The molecule has 0 spiro atoms. The predicted octanol–water partition coefficient (Wildman–Crippen LogP) is 3.39. The molecule has 171 valence electrons. The summed E-state index contributed by atoms with van der Waals surface area (Å²) in [6.45, 7) is 8.31. The summed E-state index contributed by atoms with van der Waals surface area (Å²) < 4.78 is 19.8. The molecule has 0 aliphatic carbocycles. The second kappa shape index (κ2) is 10.7. The van der Waals surface area contributed by atoms with Crippen molar-refractivity contribution in [2.75, 3.05) is 13.1 Å². The van der Waals surface area contributed by atoms with Crippen LogP contribution in [0.3, 0.4) is 0 Å². The van der Waals surface area contributed by atoms with Crippen LogP contribution < -0.4 is 10.1 Å². The zero-order valence-corrected chi connectivity index (χ0v) is 17.8. The minimum Gasteiger partial charge on any atom is -0.481 e. The van der Waals surface area contributed by atoms with Crippen LogP contribution >= 0.6 is 0 Å². The summed E-state index contributed by atoms with van der Waals surface area (Å²) in [5, 5.41) is 22.9. The maximum Gasteiger partial charge on any atom is 0.308 e. The number of carbonyl (C=O) groups is 2. The van der Waals surface area contributed by atoms with Crippen LogP contribution in [-0.2, 0) is 11.3 Å². The second-order valence-electron chi connectivity index (χ2n) is 7.04. The van der Waals surface area contributed by atoms with Gasteiger partial charge < -0.3 is 15.2 Å². The van der Waals surface area contributed by atoms with Gasteiger partial charge in [0.2, 0.25) is 0 Å². The molecule has 2 rings (SSSR count). The Kier molecular flexibility index (Phi) is 8.25. The van der Waals surface area contributed by atoms with E-state index in [0.717, 1.165) is 12.1 Å². The average molecular weight is 446 g/mol. The Morgan fingerprint density at radius 2 is 1.94 bits per heavy atom. The number of benzene rings is 2. The molecule has 1 unspecified atom stereocenters. The summed E-state index contributed by atoms with van der Waals surface area (Å²) in [7, 11) is 0. The molecule has 0 bridgehead atoms. The van der Waals surface area contributed by atoms with Crippen molar-refractivity contribution in [2.45, 2.75) is 32.5 Å². The van der Waals surface area contributed by atoms with Gasteiger partial charge in [0, 0.05) is 31.7 Å². The number of nitro benzene ring substituents is 1. The van der Waals surface area contributed by atoms with Gasteiger partial charge in [-0.25, -0.2) is 4.39 Å². The number of carboxylic acids is 1. The number of nitro groups is 1. The van der Waals surface area contributed by atoms with Crippen LogP contribution in [-0.4, -0.2) is 45.6 Å². The third-order valence-electron chi connectivity index (χ3n) is 4.83. The number of rotatable bonds is 11. The van der Waals surface area contributed by atoms with Gasteiger partial charge in [0.05, 0.1) is 16.9 Å². The van der Waals surface area contributed by atoms with Crippen LogP contribution in [0.2, 0.25) is 0 Å². The fourth-order valence-corrected chi connectivity index (χ4v) is 3.28. The molecular formula is C22H25FN3O6. The smallest absolute Gasteiger partial charge is 0.308 e. The van der Waals surface area contributed by atoms with Crippen LogP contribution in [0, 0.1) is 22.9 Å². The number of halogens is 1. The zero-order chi connectivity index (χ0) is 23.9. The largest absolute Gasteiger partial charge is 0.481 e. The van der Waals surface area contributed by atoms with Gasteiger partial charge in [-0.2, -0.15) is 0 Å². The van der Waals surface area contributed by atoms with Crippen molar-refractivity contribution in [3.63, 3.8) is 0 Å². The average Bonchev–Trinajstić information content (AvgIpc) is 2.72. The lowest BCUT2D eigenvalue weighted by Gasteiger charge is -2.39. The molecule has 9 nitrogen and oxygen atoms in total. The molecule has 1 atom stereocenters. The molecule has 0 heterocycles. The molecule has 1 radical (unpaired) electrons. The molecule has 1 amide bonds. The first kappa shape index (κ1) is 24.7. The predicted molar refractivity (Wildman–Crippen MR) is 115 cm³/mol. The molecule has 0 saturated heterocycles. The second-order valence-corrected chi connectivity index (χ2v) is 7.04. The summed E-state index contributed by atoms with van der Waals surface area (Å²) in [6.07, 6.45) is -0.500. The van der Waals surface area contributed by atoms with Crippen LogP contribution in [0.4, 0.5) is 10.1 Å². The van der Waals surface area contributed by atoms with Gasteiger partial charge in [0.1, 0.15) is 11.6 Å². The molecule has 2 aromatic carbocycles. The highest BCUT2D eigenvalue weighted by Gasteiger charge is 2.36. The Labute approximate surface area is 184 Å². The lowest BCUT2D eigenvalue weighted by Crippen LogP contribution is -2.52. The fraction of sp³-hybridized carbons (Fsp3) is 0.318. The van der Waals surface area contributed by atoms with E-state index in [1.165, 1.54) is 24.3 Å². The van der Waals surface area contributed by atoms with E-state index < -0.39 is 34.8 Å². The van der Waals surface area contributed by atoms with Gasteiger partial charge in [0.15, 0.2) is 5.72 Å². The van der Waals surface area contributed by atoms with Crippen LogP contribution in [0.1, 0.15) is 36.2 Å². The molecule has 0 fully saturated rings. The summed E-state index contributed by atoms with van der Waals surface area (Å²) in [5.41, 5.74) is -1.21. The number of carbonyl (C=O) groups excluding carboxylic acids is 1. The van der Waals surface area contributed by atoms with Gasteiger partial charge in [-0.15, -0.1) is 0 Å². The Balaban J connectivity index is 2.30. The molecule has 2 N–H and O–H groups in total. The summed E-state index contributed by atoms with van der Waals surface area (Å²) in [5.74, 6) is -2.62. The number of nitrogens with zero attached hydrogens (tertiary/aromatic N) is 2. The molecular weight excluding hydrogens is 421 g/mol. The van der Waals surface area contributed by atoms with Crippen LogP contribution in [0.5, 0.6) is 5.75 Å². The SMILES string of the molecule is [CH2]C(CC(=O)O)(Oc1cc(F)ccc1C(=O)NCc1cccc([N+](=O)[O-])c1)N(CC)CC. The van der Waals surface area contributed by atoms with E-state index in [1.54, 1.807) is 24.8 Å². The van der Waals surface area contributed by atoms with E-state index in [9.17, 15) is 29.2 Å². The molecule has 0 aliphatic heterocycles. The highest BCUT2D eigenvalue weighted by atomic mass is 19.1. The van der Waals surface area contributed by atoms with Crippen molar-refractivity contribution in [2.24, 2.45) is 0 Å². The Bertz CT molecular complexity index is 995. The van der Waals surface area contributed by atoms with E-state index >= 15 is 0 Å². The van der Waals surface area contributed by atoms with Crippen molar-refractivity contribution in [3.8, 4) is 5.75 Å². The number of non-ortho nitro benzene ring substituents is 1. The summed E-state index contributed by atoms with van der Waals surface area (Å²) in [6, 6.07) is 9.07. The summed E-state index contributed by atoms with van der Waals surface area (Å²) in [4.78, 5) is 36.2. The first-order valence-corrected chi connectivity index (χ1v) is 9.92. The minimum absolute atomic E-state index is 0.0159. The van der Waals surface area contributed by atoms with Gasteiger partial charge in [0.25, 0.3) is 11.6 Å². The Morgan fingerprint density at radius 1 is 1.25 bits per heavy atom. The topological polar surface area (TPSA) is 122 Å². The number of ether oxygens (including phenoxy) is 1. The number of nitrogens with one attached hydrogen (secondary N) is 1. The fourth-order valence-electron chi connectivity index (χ4n) is 3.28. The highest BCUT2D eigenvalue weighted by molar-refractivity contribution is 5.96. The van der Waals surface area contributed by atoms with Gasteiger partial charge in [-0.3, -0.25) is 24.6 Å². The van der Waals surface area contributed by atoms with Gasteiger partial charge >= 0.3 is 5.97 Å². The lowest BCUT2D eigenvalue weighted by molar-refractivity contribution is -0.384. The molecule has 0 saturated carbocycles. The molecule has 0 aromatic heterocycles. The van der Waals surface area contributed by atoms with Gasteiger partial charge in [-0.05, 0) is 30.8 Å². The Morgan fingerprint density at radius 3 is 2.53 bits per heavy atom. The third kappa shape index (κ3) is 6.24. The maximum atomic E-state index is 14.0. The van der Waals surface area contributed by atoms with E-state index in [0.29, 0.717) is 18.7 Å². The first-order chi connectivity index (χ1) is 15.1. The maximum absolute atomic E-state index is 14.0. The number of carboxylic acid groups (broad SMARTS) is 1. The molecule has 0 aliphatic rings. The monoisotopic (exact) mass is 446 g/mol. The standard InChI is InChI=1S/C22H25FN3O6/c1-4-25(5-2)22(3,13-20(27)28)32-19-12-16(23)9-10-18(19)21(29)24-14-15-7-6-8-17(11-15)26(30)31/h6-12H,3-5,13-14H2,1-2H3,(H,24,29)(H,27,28). The number of aliphatic carboxylic acids is 1. The highest BCUT2D eigenvalue weighted by Crippen LogP contribution is 2.29. The third-order valence-corrected chi connectivity index (χ3v) is 4.83. The molecule has 32 heavy (non-hydrogen) atoms. The zero-order valence-electron chi connectivity index (χ0n) is 17.8. The Hall–Kier alpha value is -3.53. The summed E-state index contributed by atoms with van der Waals surface area (Å²) >= 11 is 0. The quantitative estimate of drug-likeness (QED) is 0.308. The van der Waals surface area contributed by atoms with E-state index in [1.807, 2.05) is 0 Å². The number of hydrogen-bond donors (Lipinski definition) is 2. The van der Waals surface area contributed by atoms with Crippen molar-refractivity contribution in [1.29, 1.82) is 0 Å². The van der Waals surface area contributed by atoms with Crippen molar-refractivity contribution in [1.82, 2.24) is 10.2 Å². The number of hydrogen-bond acceptors (Lipinski definition) is 6. The molecule has 10 heteroatoms. The van der Waals surface area contributed by atoms with Crippen molar-refractivity contribution in [3.05, 3.63) is 76.4 Å². The van der Waals surface area contributed by atoms with Crippen LogP contribution in [0.25, 0.3) is 0 Å². The minimum atomic E-state index is -1.57. The van der Waals surface area contributed by atoms with E-state index in [2.05, 4.69) is 12.2 Å². The number of amides is 1. The van der Waals surface area contributed by atoms with E-state index in [-0.39, 0.29) is 23.5 Å². The van der Waals surface area contributed by atoms with E-state index in [4.69, 9.17) is 4.74 Å². The normalized spacial score (nSPS) is 12.8.